The molecule has 0 N–H and O–H groups in total. The molecule has 0 saturated carbocycles. The van der Waals surface area contributed by atoms with Gasteiger partial charge in [0.15, 0.2) is 0 Å². The number of halogens is 1. The van der Waals surface area contributed by atoms with Crippen LogP contribution in [-0.4, -0.2) is 17.4 Å². The molecule has 2 rings (SSSR count). The molecule has 1 amide bonds. The Hall–Kier alpha value is -1.02. The molecule has 17 heavy (non-hydrogen) atoms. The van der Waals surface area contributed by atoms with Crippen molar-refractivity contribution in [2.75, 3.05) is 6.54 Å². The lowest BCUT2D eigenvalue weighted by Gasteiger charge is -2.44. The van der Waals surface area contributed by atoms with Gasteiger partial charge in [0.05, 0.1) is 6.04 Å². The van der Waals surface area contributed by atoms with E-state index in [-0.39, 0.29) is 17.4 Å². The third-order valence-corrected chi connectivity index (χ3v) is 3.43. The zero-order chi connectivity index (χ0) is 12.6. The van der Waals surface area contributed by atoms with Gasteiger partial charge in [0.1, 0.15) is 0 Å². The molecule has 1 aliphatic rings. The molecular weight excluding hydrogens is 234 g/mol. The number of nitrogens with zero attached hydrogens (tertiary/aromatic N) is 1. The Bertz CT molecular complexity index is 419. The van der Waals surface area contributed by atoms with Gasteiger partial charge in [0, 0.05) is 17.0 Å². The predicted octanol–water partition coefficient (Wildman–Crippen LogP) is 3.66. The Morgan fingerprint density at radius 1 is 1.29 bits per heavy atom. The van der Waals surface area contributed by atoms with E-state index in [1.54, 1.807) is 0 Å². The largest absolute Gasteiger partial charge is 0.335 e. The summed E-state index contributed by atoms with van der Waals surface area (Å²) in [4.78, 5) is 14.2. The molecule has 1 heterocycles. The molecule has 0 radical (unpaired) electrons. The van der Waals surface area contributed by atoms with Crippen molar-refractivity contribution in [1.29, 1.82) is 0 Å². The molecule has 0 bridgehead atoms. The number of hydrogen-bond donors (Lipinski definition) is 0. The van der Waals surface area contributed by atoms with E-state index in [0.29, 0.717) is 0 Å². The Kier molecular flexibility index (Phi) is 3.17. The van der Waals surface area contributed by atoms with E-state index in [1.165, 1.54) is 5.56 Å². The van der Waals surface area contributed by atoms with Gasteiger partial charge in [0.25, 0.3) is 0 Å². The summed E-state index contributed by atoms with van der Waals surface area (Å²) in [5.41, 5.74) is 0.878. The van der Waals surface area contributed by atoms with Gasteiger partial charge in [-0.25, -0.2) is 0 Å². The number of likely N-dealkylation sites (tertiary alicyclic amines) is 1. The summed E-state index contributed by atoms with van der Waals surface area (Å²) >= 11 is 5.87. The second kappa shape index (κ2) is 4.34. The van der Waals surface area contributed by atoms with Crippen LogP contribution >= 0.6 is 11.6 Å². The third-order valence-electron chi connectivity index (χ3n) is 3.18. The summed E-state index contributed by atoms with van der Waals surface area (Å²) in [5, 5.41) is 0.738. The molecule has 1 aromatic rings. The lowest BCUT2D eigenvalue weighted by molar-refractivity contribution is -0.147. The lowest BCUT2D eigenvalue weighted by Crippen LogP contribution is -2.49. The average Bonchev–Trinajstić information content (AvgIpc) is 2.18. The van der Waals surface area contributed by atoms with Crippen LogP contribution in [0.25, 0.3) is 0 Å². The maximum Gasteiger partial charge on any atom is 0.228 e. The second-order valence-corrected chi connectivity index (χ2v) is 6.04. The number of carbonyl (C=O) groups excluding carboxylic acids is 1. The van der Waals surface area contributed by atoms with Crippen molar-refractivity contribution < 1.29 is 4.79 Å². The van der Waals surface area contributed by atoms with Crippen molar-refractivity contribution in [2.24, 2.45) is 5.41 Å². The fraction of sp³-hybridized carbons (Fsp3) is 0.500. The minimum Gasteiger partial charge on any atom is -0.335 e. The first-order chi connectivity index (χ1) is 7.89. The van der Waals surface area contributed by atoms with Crippen molar-refractivity contribution in [3.8, 4) is 0 Å². The number of rotatable bonds is 1. The minimum absolute atomic E-state index is 0.226. The number of amides is 1. The standard InChI is InChI=1S/C14H18ClNO/c1-14(2,3)13(17)16-9-8-12(16)10-4-6-11(15)7-5-10/h4-7,12H,8-9H2,1-3H3. The van der Waals surface area contributed by atoms with E-state index in [4.69, 9.17) is 11.6 Å². The van der Waals surface area contributed by atoms with E-state index in [2.05, 4.69) is 0 Å². The highest BCUT2D eigenvalue weighted by atomic mass is 35.5. The van der Waals surface area contributed by atoms with Crippen LogP contribution in [0.15, 0.2) is 24.3 Å². The summed E-state index contributed by atoms with van der Waals surface area (Å²) in [7, 11) is 0. The maximum absolute atomic E-state index is 12.2. The van der Waals surface area contributed by atoms with Crippen LogP contribution in [0.2, 0.25) is 5.02 Å². The van der Waals surface area contributed by atoms with Crippen molar-refractivity contribution in [2.45, 2.75) is 33.2 Å². The van der Waals surface area contributed by atoms with Crippen LogP contribution in [0.1, 0.15) is 38.8 Å². The van der Waals surface area contributed by atoms with Gasteiger partial charge >= 0.3 is 0 Å². The van der Waals surface area contributed by atoms with Crippen molar-refractivity contribution >= 4 is 17.5 Å². The van der Waals surface area contributed by atoms with E-state index >= 15 is 0 Å². The first-order valence-corrected chi connectivity index (χ1v) is 6.34. The molecule has 1 aromatic carbocycles. The van der Waals surface area contributed by atoms with Crippen LogP contribution < -0.4 is 0 Å². The maximum atomic E-state index is 12.2. The van der Waals surface area contributed by atoms with Crippen LogP contribution in [-0.2, 0) is 4.79 Å². The van der Waals surface area contributed by atoms with E-state index in [9.17, 15) is 4.79 Å². The van der Waals surface area contributed by atoms with Gasteiger partial charge in [-0.15, -0.1) is 0 Å². The highest BCUT2D eigenvalue weighted by Crippen LogP contribution is 2.36. The zero-order valence-corrected chi connectivity index (χ0v) is 11.3. The molecule has 1 aliphatic heterocycles. The Balaban J connectivity index is 2.14. The summed E-state index contributed by atoms with van der Waals surface area (Å²) in [6, 6.07) is 8.02. The van der Waals surface area contributed by atoms with Crippen LogP contribution in [0.5, 0.6) is 0 Å². The summed E-state index contributed by atoms with van der Waals surface area (Å²) in [6.45, 7) is 6.76. The van der Waals surface area contributed by atoms with E-state index < -0.39 is 0 Å². The highest BCUT2D eigenvalue weighted by molar-refractivity contribution is 6.30. The summed E-state index contributed by atoms with van der Waals surface area (Å²) in [6.07, 6.45) is 1.05. The Morgan fingerprint density at radius 3 is 2.29 bits per heavy atom. The van der Waals surface area contributed by atoms with Crippen LogP contribution in [0, 0.1) is 5.41 Å². The molecular formula is C14H18ClNO. The number of carbonyl (C=O) groups is 1. The molecule has 1 atom stereocenters. The van der Waals surface area contributed by atoms with E-state index in [0.717, 1.165) is 18.0 Å². The SMILES string of the molecule is CC(C)(C)C(=O)N1CCC1c1ccc(Cl)cc1. The minimum atomic E-state index is -0.301. The topological polar surface area (TPSA) is 20.3 Å². The first kappa shape index (κ1) is 12.4. The first-order valence-electron chi connectivity index (χ1n) is 5.96. The smallest absolute Gasteiger partial charge is 0.228 e. The average molecular weight is 252 g/mol. The van der Waals surface area contributed by atoms with Crippen LogP contribution in [0.3, 0.4) is 0 Å². The molecule has 2 nitrogen and oxygen atoms in total. The molecule has 1 unspecified atom stereocenters. The molecule has 1 saturated heterocycles. The van der Waals surface area contributed by atoms with Gasteiger partial charge in [-0.2, -0.15) is 0 Å². The quantitative estimate of drug-likeness (QED) is 0.746. The fourth-order valence-corrected chi connectivity index (χ4v) is 2.22. The van der Waals surface area contributed by atoms with E-state index in [1.807, 2.05) is 49.9 Å². The molecule has 0 aliphatic carbocycles. The summed E-state index contributed by atoms with van der Waals surface area (Å²) in [5.74, 6) is 0.226. The number of benzene rings is 1. The molecule has 3 heteroatoms. The fourth-order valence-electron chi connectivity index (χ4n) is 2.09. The Morgan fingerprint density at radius 2 is 1.88 bits per heavy atom. The molecule has 0 aromatic heterocycles. The third kappa shape index (κ3) is 2.47. The highest BCUT2D eigenvalue weighted by Gasteiger charge is 2.38. The predicted molar refractivity (Wildman–Crippen MR) is 70.0 cm³/mol. The lowest BCUT2D eigenvalue weighted by atomic mass is 9.88. The van der Waals surface area contributed by atoms with Crippen molar-refractivity contribution in [3.05, 3.63) is 34.9 Å². The Labute approximate surface area is 108 Å². The van der Waals surface area contributed by atoms with Crippen molar-refractivity contribution in [1.82, 2.24) is 4.90 Å². The monoisotopic (exact) mass is 251 g/mol. The van der Waals surface area contributed by atoms with Crippen molar-refractivity contribution in [3.63, 3.8) is 0 Å². The number of hydrogen-bond acceptors (Lipinski definition) is 1. The van der Waals surface area contributed by atoms with Crippen LogP contribution in [0.4, 0.5) is 0 Å². The molecule has 1 fully saturated rings. The van der Waals surface area contributed by atoms with Gasteiger partial charge in [0.2, 0.25) is 5.91 Å². The second-order valence-electron chi connectivity index (χ2n) is 5.60. The summed E-state index contributed by atoms with van der Waals surface area (Å²) < 4.78 is 0. The molecule has 0 spiro atoms. The zero-order valence-electron chi connectivity index (χ0n) is 10.5. The van der Waals surface area contributed by atoms with Gasteiger partial charge in [-0.05, 0) is 24.1 Å². The molecule has 92 valence electrons. The normalized spacial score (nSPS) is 20.0. The van der Waals surface area contributed by atoms with Gasteiger partial charge < -0.3 is 4.90 Å². The van der Waals surface area contributed by atoms with Gasteiger partial charge in [-0.1, -0.05) is 44.5 Å². The van der Waals surface area contributed by atoms with Gasteiger partial charge in [-0.3, -0.25) is 4.79 Å².